The van der Waals surface area contributed by atoms with E-state index in [-0.39, 0.29) is 0 Å². The molecule has 78 valence electrons. The van der Waals surface area contributed by atoms with E-state index in [1.54, 1.807) is 0 Å². The minimum absolute atomic E-state index is 0.520. The molecule has 0 unspecified atom stereocenters. The van der Waals surface area contributed by atoms with Crippen LogP contribution in [-0.4, -0.2) is 11.7 Å². The second-order valence-electron chi connectivity index (χ2n) is 4.01. The summed E-state index contributed by atoms with van der Waals surface area (Å²) in [5.74, 6) is 7.11. The van der Waals surface area contributed by atoms with Crippen molar-refractivity contribution in [1.29, 1.82) is 0 Å². The minimum atomic E-state index is 0.520. The number of hydrogen-bond acceptors (Lipinski definition) is 2. The van der Waals surface area contributed by atoms with Gasteiger partial charge in [0.25, 0.3) is 0 Å². The average Bonchev–Trinajstić information content (AvgIpc) is 2.03. The van der Waals surface area contributed by atoms with Crippen LogP contribution < -0.4 is 16.6 Å². The lowest BCUT2D eigenvalue weighted by molar-refractivity contribution is 0.288. The van der Waals surface area contributed by atoms with Gasteiger partial charge in [0.05, 0.1) is 0 Å². The summed E-state index contributed by atoms with van der Waals surface area (Å²) in [6.07, 6.45) is 0. The van der Waals surface area contributed by atoms with Crippen LogP contribution in [0, 0.1) is 17.8 Å². The number of thiocarbonyl (C=S) groups is 1. The Morgan fingerprint density at radius 2 is 1.69 bits per heavy atom. The Labute approximate surface area is 86.4 Å². The van der Waals surface area contributed by atoms with Crippen molar-refractivity contribution in [2.75, 3.05) is 6.54 Å². The lowest BCUT2D eigenvalue weighted by Gasteiger charge is -2.25. The predicted molar refractivity (Wildman–Crippen MR) is 61.1 cm³/mol. The van der Waals surface area contributed by atoms with Crippen molar-refractivity contribution < 1.29 is 0 Å². The van der Waals surface area contributed by atoms with E-state index in [9.17, 15) is 0 Å². The second-order valence-corrected chi connectivity index (χ2v) is 4.41. The largest absolute Gasteiger partial charge is 0.361 e. The summed E-state index contributed by atoms with van der Waals surface area (Å²) in [6.45, 7) is 9.80. The topological polar surface area (TPSA) is 50.1 Å². The first-order chi connectivity index (χ1) is 5.99. The normalized spacial score (nSPS) is 11.1. The maximum atomic E-state index is 5.16. The zero-order valence-electron chi connectivity index (χ0n) is 8.92. The summed E-state index contributed by atoms with van der Waals surface area (Å²) in [5, 5.41) is 3.61. The lowest BCUT2D eigenvalue weighted by Crippen LogP contribution is -2.43. The van der Waals surface area contributed by atoms with Gasteiger partial charge in [0, 0.05) is 6.54 Å². The maximum absolute atomic E-state index is 5.16. The number of nitrogens with two attached hydrogens (primary N) is 1. The van der Waals surface area contributed by atoms with E-state index in [1.165, 1.54) is 0 Å². The van der Waals surface area contributed by atoms with Crippen LogP contribution in [0.2, 0.25) is 0 Å². The second kappa shape index (κ2) is 6.16. The highest BCUT2D eigenvalue weighted by Gasteiger charge is 2.16. The van der Waals surface area contributed by atoms with Gasteiger partial charge in [-0.15, -0.1) is 0 Å². The van der Waals surface area contributed by atoms with Crippen LogP contribution in [0.4, 0.5) is 0 Å². The van der Waals surface area contributed by atoms with Crippen LogP contribution in [0.15, 0.2) is 0 Å². The first kappa shape index (κ1) is 12.7. The molecular formula is C9H21N3S. The highest BCUT2D eigenvalue weighted by atomic mass is 32.1. The van der Waals surface area contributed by atoms with Gasteiger partial charge in [-0.1, -0.05) is 27.7 Å². The molecule has 0 radical (unpaired) electrons. The standard InChI is InChI=1S/C9H21N3S/c1-6(2)8(7(3)4)5-11-9(13)12-10/h6-8H,5,10H2,1-4H3,(H2,11,12,13). The van der Waals surface area contributed by atoms with Gasteiger partial charge in [-0.05, 0) is 30.0 Å². The van der Waals surface area contributed by atoms with Crippen molar-refractivity contribution in [3.63, 3.8) is 0 Å². The molecular weight excluding hydrogens is 182 g/mol. The molecule has 0 atom stereocenters. The van der Waals surface area contributed by atoms with E-state index in [0.29, 0.717) is 22.9 Å². The predicted octanol–water partition coefficient (Wildman–Crippen LogP) is 1.25. The fourth-order valence-electron chi connectivity index (χ4n) is 1.50. The van der Waals surface area contributed by atoms with E-state index < -0.39 is 0 Å². The average molecular weight is 203 g/mol. The molecule has 4 N–H and O–H groups in total. The van der Waals surface area contributed by atoms with E-state index in [1.807, 2.05) is 0 Å². The molecule has 4 heteroatoms. The fraction of sp³-hybridized carbons (Fsp3) is 0.889. The van der Waals surface area contributed by atoms with Gasteiger partial charge in [0.1, 0.15) is 0 Å². The van der Waals surface area contributed by atoms with Crippen molar-refractivity contribution >= 4 is 17.3 Å². The van der Waals surface area contributed by atoms with Gasteiger partial charge in [-0.25, -0.2) is 5.84 Å². The van der Waals surface area contributed by atoms with Gasteiger partial charge in [0.2, 0.25) is 0 Å². The molecule has 0 aromatic heterocycles. The van der Waals surface area contributed by atoms with Crippen LogP contribution in [0.1, 0.15) is 27.7 Å². The zero-order valence-corrected chi connectivity index (χ0v) is 9.74. The Balaban J connectivity index is 3.90. The molecule has 0 aromatic rings. The van der Waals surface area contributed by atoms with Crippen LogP contribution in [0.3, 0.4) is 0 Å². The Bertz CT molecular complexity index is 149. The molecule has 0 heterocycles. The van der Waals surface area contributed by atoms with Crippen molar-refractivity contribution in [2.45, 2.75) is 27.7 Å². The summed E-state index contributed by atoms with van der Waals surface area (Å²) >= 11 is 4.90. The summed E-state index contributed by atoms with van der Waals surface area (Å²) in [4.78, 5) is 0. The highest BCUT2D eigenvalue weighted by molar-refractivity contribution is 7.80. The quantitative estimate of drug-likeness (QED) is 0.366. The Kier molecular flexibility index (Phi) is 5.99. The molecule has 0 amide bonds. The van der Waals surface area contributed by atoms with Gasteiger partial charge in [-0.3, -0.25) is 0 Å². The number of nitrogens with one attached hydrogen (secondary N) is 2. The molecule has 0 spiro atoms. The summed E-state index contributed by atoms with van der Waals surface area (Å²) in [7, 11) is 0. The van der Waals surface area contributed by atoms with Crippen molar-refractivity contribution in [3.05, 3.63) is 0 Å². The molecule has 0 bridgehead atoms. The van der Waals surface area contributed by atoms with Gasteiger partial charge < -0.3 is 10.7 Å². The molecule has 0 saturated heterocycles. The van der Waals surface area contributed by atoms with Crippen molar-refractivity contribution in [1.82, 2.24) is 10.7 Å². The van der Waals surface area contributed by atoms with E-state index in [4.69, 9.17) is 18.1 Å². The highest BCUT2D eigenvalue weighted by Crippen LogP contribution is 2.19. The molecule has 0 aliphatic carbocycles. The number of hydrogen-bond donors (Lipinski definition) is 3. The molecule has 0 aliphatic heterocycles. The van der Waals surface area contributed by atoms with Gasteiger partial charge >= 0.3 is 0 Å². The van der Waals surface area contributed by atoms with Gasteiger partial charge in [-0.2, -0.15) is 0 Å². The van der Waals surface area contributed by atoms with Crippen molar-refractivity contribution in [3.8, 4) is 0 Å². The lowest BCUT2D eigenvalue weighted by atomic mass is 9.85. The first-order valence-electron chi connectivity index (χ1n) is 4.73. The van der Waals surface area contributed by atoms with Crippen LogP contribution in [-0.2, 0) is 0 Å². The Morgan fingerprint density at radius 1 is 1.23 bits per heavy atom. The molecule has 0 fully saturated rings. The molecule has 0 aliphatic rings. The third kappa shape index (κ3) is 5.05. The molecule has 13 heavy (non-hydrogen) atoms. The molecule has 0 aromatic carbocycles. The first-order valence-corrected chi connectivity index (χ1v) is 5.14. The molecule has 0 saturated carbocycles. The van der Waals surface area contributed by atoms with Crippen molar-refractivity contribution in [2.24, 2.45) is 23.6 Å². The molecule has 0 rings (SSSR count). The van der Waals surface area contributed by atoms with E-state index >= 15 is 0 Å². The number of rotatable bonds is 4. The monoisotopic (exact) mass is 203 g/mol. The van der Waals surface area contributed by atoms with Gasteiger partial charge in [0.15, 0.2) is 5.11 Å². The maximum Gasteiger partial charge on any atom is 0.180 e. The summed E-state index contributed by atoms with van der Waals surface area (Å²) < 4.78 is 0. The third-order valence-corrected chi connectivity index (χ3v) is 2.60. The number of hydrazine groups is 1. The smallest absolute Gasteiger partial charge is 0.180 e. The van der Waals surface area contributed by atoms with E-state index in [2.05, 4.69) is 38.4 Å². The Hall–Kier alpha value is -0.350. The third-order valence-electron chi connectivity index (χ3n) is 2.34. The Morgan fingerprint density at radius 3 is 2.00 bits per heavy atom. The molecule has 3 nitrogen and oxygen atoms in total. The summed E-state index contributed by atoms with van der Waals surface area (Å²) in [5.41, 5.74) is 2.42. The SMILES string of the molecule is CC(C)C(CNC(=S)NN)C(C)C. The zero-order chi connectivity index (χ0) is 10.4. The van der Waals surface area contributed by atoms with Crippen LogP contribution in [0.5, 0.6) is 0 Å². The van der Waals surface area contributed by atoms with Crippen LogP contribution in [0.25, 0.3) is 0 Å². The fourth-order valence-corrected chi connectivity index (χ4v) is 1.59. The summed E-state index contributed by atoms with van der Waals surface area (Å²) in [6, 6.07) is 0. The minimum Gasteiger partial charge on any atom is -0.361 e. The van der Waals surface area contributed by atoms with E-state index in [0.717, 1.165) is 6.54 Å². The van der Waals surface area contributed by atoms with Crippen LogP contribution >= 0.6 is 12.2 Å².